The number of hydrogen-bond acceptors (Lipinski definition) is 4. The average Bonchev–Trinajstić information content (AvgIpc) is 2.60. The Balaban J connectivity index is 1.76. The predicted molar refractivity (Wildman–Crippen MR) is 105 cm³/mol. The van der Waals surface area contributed by atoms with Gasteiger partial charge in [0.05, 0.1) is 10.6 Å². The Hall–Kier alpha value is -1.31. The van der Waals surface area contributed by atoms with Gasteiger partial charge in [-0.2, -0.15) is 0 Å². The molecule has 0 unspecified atom stereocenters. The summed E-state index contributed by atoms with van der Waals surface area (Å²) in [6.45, 7) is 0.451. The summed E-state index contributed by atoms with van der Waals surface area (Å²) < 4.78 is 25.3. The summed E-state index contributed by atoms with van der Waals surface area (Å²) in [4.78, 5) is 13.3. The van der Waals surface area contributed by atoms with Crippen molar-refractivity contribution in [2.75, 3.05) is 12.0 Å². The zero-order chi connectivity index (χ0) is 18.3. The Morgan fingerprint density at radius 3 is 2.32 bits per heavy atom. The zero-order valence-corrected chi connectivity index (χ0v) is 17.1. The number of amides is 1. The minimum Gasteiger partial charge on any atom is -0.352 e. The van der Waals surface area contributed by atoms with E-state index in [1.165, 1.54) is 4.90 Å². The summed E-state index contributed by atoms with van der Waals surface area (Å²) in [6.07, 6.45) is 2.51. The maximum atomic E-state index is 12.2. The van der Waals surface area contributed by atoms with Crippen LogP contribution in [0.25, 0.3) is 0 Å². The first-order chi connectivity index (χ1) is 11.9. The van der Waals surface area contributed by atoms with Crippen LogP contribution in [0.1, 0.15) is 18.4 Å². The lowest BCUT2D eigenvalue weighted by Crippen LogP contribution is -2.23. The predicted octanol–water partition coefficient (Wildman–Crippen LogP) is 4.04. The molecule has 0 aromatic heterocycles. The number of carbonyl (C=O) groups is 1. The Bertz CT molecular complexity index is 803. The number of nitrogens with one attached hydrogen (secondary N) is 1. The molecule has 0 fully saturated rings. The second-order valence-electron chi connectivity index (χ2n) is 5.50. The quantitative estimate of drug-likeness (QED) is 0.627. The SMILES string of the molecule is CSc1ccc(CNC(=O)CCCS(=O)(=O)c2ccc(Br)cc2)cc1. The van der Waals surface area contributed by atoms with Crippen LogP contribution in [0, 0.1) is 0 Å². The first-order valence-electron chi connectivity index (χ1n) is 7.79. The molecule has 2 aromatic rings. The first-order valence-corrected chi connectivity index (χ1v) is 11.5. The minimum absolute atomic E-state index is 0.0372. The van der Waals surface area contributed by atoms with Crippen molar-refractivity contribution in [3.05, 3.63) is 58.6 Å². The number of benzene rings is 2. The van der Waals surface area contributed by atoms with E-state index in [0.717, 1.165) is 10.0 Å². The van der Waals surface area contributed by atoms with Crippen LogP contribution < -0.4 is 5.32 Å². The van der Waals surface area contributed by atoms with Crippen LogP contribution in [0.3, 0.4) is 0 Å². The fourth-order valence-electron chi connectivity index (χ4n) is 2.21. The molecular weight excluding hydrogens is 422 g/mol. The van der Waals surface area contributed by atoms with Crippen molar-refractivity contribution in [2.24, 2.45) is 0 Å². The van der Waals surface area contributed by atoms with E-state index < -0.39 is 9.84 Å². The van der Waals surface area contributed by atoms with Crippen LogP contribution >= 0.6 is 27.7 Å². The van der Waals surface area contributed by atoms with Crippen LogP contribution in [0.2, 0.25) is 0 Å². The molecule has 0 saturated carbocycles. The third-order valence-corrected chi connectivity index (χ3v) is 6.73. The zero-order valence-electron chi connectivity index (χ0n) is 13.9. The number of sulfone groups is 1. The summed E-state index contributed by atoms with van der Waals surface area (Å²) in [6, 6.07) is 14.5. The number of rotatable bonds is 8. The maximum absolute atomic E-state index is 12.2. The Morgan fingerprint density at radius 1 is 1.08 bits per heavy atom. The highest BCUT2D eigenvalue weighted by molar-refractivity contribution is 9.10. The van der Waals surface area contributed by atoms with Crippen molar-refractivity contribution >= 4 is 43.4 Å². The second-order valence-corrected chi connectivity index (χ2v) is 9.41. The molecule has 0 atom stereocenters. The van der Waals surface area contributed by atoms with Crippen LogP contribution in [-0.4, -0.2) is 26.3 Å². The molecular formula is C18H20BrNO3S2. The highest BCUT2D eigenvalue weighted by Crippen LogP contribution is 2.17. The lowest BCUT2D eigenvalue weighted by Gasteiger charge is -2.07. The Labute approximate surface area is 161 Å². The van der Waals surface area contributed by atoms with Crippen LogP contribution in [-0.2, 0) is 21.2 Å². The molecule has 134 valence electrons. The summed E-state index contributed by atoms with van der Waals surface area (Å²) in [5.74, 6) is -0.176. The van der Waals surface area contributed by atoms with Crippen LogP contribution in [0.5, 0.6) is 0 Å². The number of halogens is 1. The van der Waals surface area contributed by atoms with E-state index in [2.05, 4.69) is 21.2 Å². The van der Waals surface area contributed by atoms with Gasteiger partial charge in [0.2, 0.25) is 5.91 Å². The van der Waals surface area contributed by atoms with Crippen molar-refractivity contribution in [3.63, 3.8) is 0 Å². The van der Waals surface area contributed by atoms with Gasteiger partial charge in [0, 0.05) is 22.3 Å². The molecule has 0 aliphatic carbocycles. The molecule has 2 aromatic carbocycles. The van der Waals surface area contributed by atoms with Gasteiger partial charge in [0.25, 0.3) is 0 Å². The van der Waals surface area contributed by atoms with Gasteiger partial charge in [-0.1, -0.05) is 28.1 Å². The summed E-state index contributed by atoms with van der Waals surface area (Å²) >= 11 is 4.95. The molecule has 2 rings (SSSR count). The molecule has 25 heavy (non-hydrogen) atoms. The van der Waals surface area contributed by atoms with Crippen LogP contribution in [0.4, 0.5) is 0 Å². The number of thioether (sulfide) groups is 1. The molecule has 0 aliphatic heterocycles. The monoisotopic (exact) mass is 441 g/mol. The fraction of sp³-hybridized carbons (Fsp3) is 0.278. The van der Waals surface area contributed by atoms with Crippen LogP contribution in [0.15, 0.2) is 62.8 Å². The van der Waals surface area contributed by atoms with Gasteiger partial charge in [-0.05, 0) is 54.6 Å². The van der Waals surface area contributed by atoms with Gasteiger partial charge < -0.3 is 5.32 Å². The number of carbonyl (C=O) groups excluding carboxylic acids is 1. The van der Waals surface area contributed by atoms with Crippen molar-refractivity contribution < 1.29 is 13.2 Å². The van der Waals surface area contributed by atoms with Gasteiger partial charge in [-0.15, -0.1) is 11.8 Å². The van der Waals surface area contributed by atoms with E-state index in [1.807, 2.05) is 30.5 Å². The largest absolute Gasteiger partial charge is 0.352 e. The van der Waals surface area contributed by atoms with E-state index >= 15 is 0 Å². The lowest BCUT2D eigenvalue weighted by atomic mass is 10.2. The topological polar surface area (TPSA) is 63.2 Å². The van der Waals surface area contributed by atoms with E-state index in [-0.39, 0.29) is 23.0 Å². The van der Waals surface area contributed by atoms with Crippen molar-refractivity contribution in [1.29, 1.82) is 0 Å². The van der Waals surface area contributed by atoms with Gasteiger partial charge in [-0.25, -0.2) is 8.42 Å². The molecule has 4 nitrogen and oxygen atoms in total. The Kier molecular flexibility index (Phi) is 7.53. The maximum Gasteiger partial charge on any atom is 0.220 e. The van der Waals surface area contributed by atoms with E-state index in [0.29, 0.717) is 13.0 Å². The van der Waals surface area contributed by atoms with Gasteiger partial charge >= 0.3 is 0 Å². The fourth-order valence-corrected chi connectivity index (χ4v) is 4.20. The molecule has 0 bridgehead atoms. The highest BCUT2D eigenvalue weighted by Gasteiger charge is 2.14. The second kappa shape index (κ2) is 9.40. The lowest BCUT2D eigenvalue weighted by molar-refractivity contribution is -0.121. The standard InChI is InChI=1S/C18H20BrNO3S2/c1-24-16-8-4-14(5-9-16)13-20-18(21)3-2-12-25(22,23)17-10-6-15(19)7-11-17/h4-11H,2-3,12-13H2,1H3,(H,20,21). The highest BCUT2D eigenvalue weighted by atomic mass is 79.9. The smallest absolute Gasteiger partial charge is 0.220 e. The molecule has 0 aliphatic rings. The summed E-state index contributed by atoms with van der Waals surface area (Å²) in [5, 5.41) is 2.82. The molecule has 0 saturated heterocycles. The van der Waals surface area contributed by atoms with E-state index in [9.17, 15) is 13.2 Å². The molecule has 0 spiro atoms. The first kappa shape index (κ1) is 20.0. The summed E-state index contributed by atoms with van der Waals surface area (Å²) in [5.41, 5.74) is 1.02. The molecule has 1 N–H and O–H groups in total. The molecule has 0 radical (unpaired) electrons. The third kappa shape index (κ3) is 6.49. The van der Waals surface area contributed by atoms with Crippen molar-refractivity contribution in [1.82, 2.24) is 5.32 Å². The normalized spacial score (nSPS) is 11.3. The molecule has 1 amide bonds. The van der Waals surface area contributed by atoms with E-state index in [1.54, 1.807) is 36.0 Å². The average molecular weight is 442 g/mol. The van der Waals surface area contributed by atoms with Gasteiger partial charge in [-0.3, -0.25) is 4.79 Å². The summed E-state index contributed by atoms with van der Waals surface area (Å²) in [7, 11) is -3.35. The van der Waals surface area contributed by atoms with E-state index in [4.69, 9.17) is 0 Å². The third-order valence-electron chi connectivity index (χ3n) is 3.64. The Morgan fingerprint density at radius 2 is 1.72 bits per heavy atom. The number of hydrogen-bond donors (Lipinski definition) is 1. The minimum atomic E-state index is -3.35. The van der Waals surface area contributed by atoms with Crippen molar-refractivity contribution in [3.8, 4) is 0 Å². The van der Waals surface area contributed by atoms with Gasteiger partial charge in [0.15, 0.2) is 9.84 Å². The van der Waals surface area contributed by atoms with Crippen molar-refractivity contribution in [2.45, 2.75) is 29.2 Å². The van der Waals surface area contributed by atoms with Gasteiger partial charge in [0.1, 0.15) is 0 Å². The molecule has 0 heterocycles. The molecule has 7 heteroatoms.